The van der Waals surface area contributed by atoms with Crippen molar-refractivity contribution in [3.05, 3.63) is 272 Å². The van der Waals surface area contributed by atoms with E-state index in [0.29, 0.717) is 54.0 Å². The van der Waals surface area contributed by atoms with Gasteiger partial charge in [0.15, 0.2) is 11.6 Å². The van der Waals surface area contributed by atoms with Gasteiger partial charge in [0.1, 0.15) is 23.5 Å². The Morgan fingerprint density at radius 1 is 0.352 bits per heavy atom. The van der Waals surface area contributed by atoms with Crippen LogP contribution in [0.4, 0.5) is 23.4 Å². The fraction of sp³-hybridized carbons (Fsp3) is 0.0435. The number of halogens is 1. The van der Waals surface area contributed by atoms with Crippen molar-refractivity contribution in [2.75, 3.05) is 21.7 Å². The van der Waals surface area contributed by atoms with Gasteiger partial charge in [-0.3, -0.25) is 15.0 Å². The Morgan fingerprint density at radius 2 is 0.705 bits per heavy atom. The predicted molar refractivity (Wildman–Crippen MR) is 346 cm³/mol. The minimum atomic E-state index is 0.106. The summed E-state index contributed by atoms with van der Waals surface area (Å²) in [6.07, 6.45) is 11.7. The Morgan fingerprint density at radius 3 is 1.07 bits per heavy atom. The zero-order valence-electron chi connectivity index (χ0n) is 46.9. The summed E-state index contributed by atoms with van der Waals surface area (Å²) < 4.78 is 0. The molecule has 0 amide bonds. The molecule has 19 heteroatoms. The van der Waals surface area contributed by atoms with Crippen LogP contribution in [0.25, 0.3) is 88.9 Å². The van der Waals surface area contributed by atoms with Crippen molar-refractivity contribution < 1.29 is 0 Å². The smallest absolute Gasteiger partial charge is 0.232 e. The first-order valence-corrected chi connectivity index (χ1v) is 28.2. The number of fused-ring (bicyclic) bond motifs is 3. The van der Waals surface area contributed by atoms with Gasteiger partial charge in [-0.05, 0) is 99.6 Å². The van der Waals surface area contributed by atoms with Crippen molar-refractivity contribution in [1.29, 1.82) is 5.26 Å². The third-order valence-corrected chi connectivity index (χ3v) is 14.0. The molecule has 0 radical (unpaired) electrons. The molecule has 424 valence electrons. The molecule has 5 N–H and O–H groups in total. The van der Waals surface area contributed by atoms with Gasteiger partial charge in [-0.2, -0.15) is 5.26 Å². The van der Waals surface area contributed by atoms with Gasteiger partial charge >= 0.3 is 0 Å². The molecule has 0 fully saturated rings. The van der Waals surface area contributed by atoms with E-state index in [2.05, 4.69) is 115 Å². The van der Waals surface area contributed by atoms with Crippen LogP contribution in [0.15, 0.2) is 244 Å². The SMILES string of the molecule is Clc1nc(NCc2ccccn2)c2c(-c3ccccc3)cccc2n1.N#Cc1ncc(-c2nc(NCc3ccccn3)c3c(-c4ccccc4)cccc3n2)cn1.Nc1ncc(-c2nc(NCc3ccccn3)c3c(-c4ccccc4)cccc3n2)cn1. The molecule has 6 aromatic carbocycles. The lowest BCUT2D eigenvalue weighted by Crippen LogP contribution is -2.06. The first kappa shape index (κ1) is 56.4. The number of hydrogen-bond donors (Lipinski definition) is 4. The van der Waals surface area contributed by atoms with E-state index in [-0.39, 0.29) is 17.1 Å². The fourth-order valence-electron chi connectivity index (χ4n) is 9.72. The third kappa shape index (κ3) is 13.5. The van der Waals surface area contributed by atoms with Crippen LogP contribution in [0, 0.1) is 11.3 Å². The molecule has 0 bridgehead atoms. The number of nitrogen functional groups attached to an aromatic ring is 1. The molecular formula is C69H51ClN18. The summed E-state index contributed by atoms with van der Waals surface area (Å²) in [6, 6.07) is 68.1. The van der Waals surface area contributed by atoms with Gasteiger partial charge in [0.05, 0.1) is 80.6 Å². The highest BCUT2D eigenvalue weighted by Crippen LogP contribution is 2.37. The number of rotatable bonds is 14. The van der Waals surface area contributed by atoms with Gasteiger partial charge in [-0.1, -0.05) is 146 Å². The lowest BCUT2D eigenvalue weighted by molar-refractivity contribution is 1.03. The molecule has 0 aliphatic heterocycles. The van der Waals surface area contributed by atoms with E-state index in [1.54, 1.807) is 43.4 Å². The van der Waals surface area contributed by atoms with Gasteiger partial charge in [-0.25, -0.2) is 49.8 Å². The van der Waals surface area contributed by atoms with Crippen molar-refractivity contribution in [3.63, 3.8) is 0 Å². The molecule has 0 aliphatic rings. The summed E-state index contributed by atoms with van der Waals surface area (Å²) in [7, 11) is 0. The number of nitriles is 1. The zero-order valence-corrected chi connectivity index (χ0v) is 47.7. The van der Waals surface area contributed by atoms with E-state index in [4.69, 9.17) is 42.5 Å². The molecule has 18 nitrogen and oxygen atoms in total. The topological polar surface area (TPSA) is 253 Å². The van der Waals surface area contributed by atoms with E-state index in [1.807, 2.05) is 152 Å². The van der Waals surface area contributed by atoms with Gasteiger partial charge in [0, 0.05) is 43.4 Å². The molecule has 0 unspecified atom stereocenters. The maximum Gasteiger partial charge on any atom is 0.232 e. The van der Waals surface area contributed by atoms with Gasteiger partial charge in [0.2, 0.25) is 17.1 Å². The standard InChI is InChI=1S/C25H17N7.C24H19N7.C20H15ClN4/c26-13-22-28-14-18(15-29-22)24-31-21-11-6-10-20(17-7-2-1-3-8-17)23(21)25(32-24)30-16-19-9-4-5-12-27-19;25-24-28-13-17(14-29-24)22-30-20-11-6-10-19(16-7-2-1-3-8-16)21(20)23(31-22)27-15-18-9-4-5-12-26-18;21-20-24-17-11-6-10-16(14-7-2-1-3-8-14)18(17)19(25-20)23-13-15-9-4-5-12-22-15/h1-12,14-15H,16H2,(H,30,31,32);1-14H,15H2,(H2,25,28,29)(H,27,30,31);1-12H,13H2,(H,23,24,25). The predicted octanol–water partition coefficient (Wildman–Crippen LogP) is 13.9. The number of nitrogens with one attached hydrogen (secondary N) is 3. The second-order valence-electron chi connectivity index (χ2n) is 19.6. The molecule has 0 atom stereocenters. The molecule has 0 aliphatic carbocycles. The number of anilines is 4. The number of nitrogens with two attached hydrogens (primary N) is 1. The van der Waals surface area contributed by atoms with Gasteiger partial charge in [0.25, 0.3) is 0 Å². The Hall–Kier alpha value is -12.1. The average Bonchev–Trinajstić information content (AvgIpc) is 2.41. The van der Waals surface area contributed by atoms with Crippen LogP contribution in [0.2, 0.25) is 5.28 Å². The van der Waals surface area contributed by atoms with E-state index < -0.39 is 0 Å². The molecule has 8 heterocycles. The summed E-state index contributed by atoms with van der Waals surface area (Å²) in [6.45, 7) is 1.61. The molecule has 0 spiro atoms. The van der Waals surface area contributed by atoms with Crippen LogP contribution in [-0.2, 0) is 19.6 Å². The quantitative estimate of drug-likeness (QED) is 0.0738. The number of nitrogens with zero attached hydrogens (tertiary/aromatic N) is 14. The summed E-state index contributed by atoms with van der Waals surface area (Å²) in [4.78, 5) is 57.4. The molecular weight excluding hydrogens is 1120 g/mol. The largest absolute Gasteiger partial charge is 0.368 e. The summed E-state index contributed by atoms with van der Waals surface area (Å²) in [5.41, 5.74) is 18.6. The second kappa shape index (κ2) is 27.1. The van der Waals surface area contributed by atoms with E-state index in [0.717, 1.165) is 89.0 Å². The first-order valence-electron chi connectivity index (χ1n) is 27.9. The van der Waals surface area contributed by atoms with Crippen molar-refractivity contribution >= 4 is 67.7 Å². The van der Waals surface area contributed by atoms with Crippen molar-refractivity contribution in [1.82, 2.24) is 64.8 Å². The van der Waals surface area contributed by atoms with E-state index in [9.17, 15) is 0 Å². The van der Waals surface area contributed by atoms with Gasteiger partial charge in [-0.15, -0.1) is 0 Å². The monoisotopic (exact) mass is 1170 g/mol. The fourth-order valence-corrected chi connectivity index (χ4v) is 9.90. The van der Waals surface area contributed by atoms with E-state index >= 15 is 0 Å². The molecule has 0 saturated heterocycles. The van der Waals surface area contributed by atoms with Crippen LogP contribution in [0.5, 0.6) is 0 Å². The third-order valence-electron chi connectivity index (χ3n) is 13.8. The van der Waals surface area contributed by atoms with Crippen LogP contribution in [-0.4, -0.2) is 64.8 Å². The Labute approximate surface area is 510 Å². The molecule has 14 rings (SSSR count). The second-order valence-corrected chi connectivity index (χ2v) is 19.9. The highest BCUT2D eigenvalue weighted by Gasteiger charge is 2.18. The van der Waals surface area contributed by atoms with Crippen LogP contribution < -0.4 is 21.7 Å². The highest BCUT2D eigenvalue weighted by atomic mass is 35.5. The lowest BCUT2D eigenvalue weighted by Gasteiger charge is -2.14. The Kier molecular flexibility index (Phi) is 17.4. The van der Waals surface area contributed by atoms with E-state index in [1.165, 1.54) is 0 Å². The number of hydrogen-bond acceptors (Lipinski definition) is 18. The first-order chi connectivity index (χ1) is 43.4. The molecule has 0 saturated carbocycles. The summed E-state index contributed by atoms with van der Waals surface area (Å²) in [5, 5.41) is 22.3. The van der Waals surface area contributed by atoms with Crippen LogP contribution in [0.1, 0.15) is 22.9 Å². The minimum absolute atomic E-state index is 0.106. The maximum absolute atomic E-state index is 8.98. The molecule has 8 aromatic heterocycles. The van der Waals surface area contributed by atoms with Crippen molar-refractivity contribution in [3.8, 4) is 62.2 Å². The minimum Gasteiger partial charge on any atom is -0.368 e. The van der Waals surface area contributed by atoms with Crippen LogP contribution >= 0.6 is 11.6 Å². The Balaban J connectivity index is 0.000000130. The van der Waals surface area contributed by atoms with Crippen molar-refractivity contribution in [2.45, 2.75) is 19.6 Å². The zero-order chi connectivity index (χ0) is 59.9. The summed E-state index contributed by atoms with van der Waals surface area (Å²) in [5.74, 6) is 3.46. The average molecular weight is 1170 g/mol. The maximum atomic E-state index is 8.98. The lowest BCUT2D eigenvalue weighted by atomic mass is 10.0. The highest BCUT2D eigenvalue weighted by molar-refractivity contribution is 6.29. The summed E-state index contributed by atoms with van der Waals surface area (Å²) >= 11 is 6.13. The molecule has 88 heavy (non-hydrogen) atoms. The van der Waals surface area contributed by atoms with Crippen molar-refractivity contribution in [2.24, 2.45) is 0 Å². The van der Waals surface area contributed by atoms with Crippen LogP contribution in [0.3, 0.4) is 0 Å². The number of pyridine rings is 3. The Bertz CT molecular complexity index is 4690. The van der Waals surface area contributed by atoms with Gasteiger partial charge < -0.3 is 21.7 Å². The number of benzene rings is 6. The number of aromatic nitrogens is 13. The normalized spacial score (nSPS) is 10.7. The molecule has 14 aromatic rings.